The van der Waals surface area contributed by atoms with Gasteiger partial charge in [0.15, 0.2) is 0 Å². The van der Waals surface area contributed by atoms with Crippen LogP contribution in [-0.4, -0.2) is 67.7 Å². The Bertz CT molecular complexity index is 1190. The Labute approximate surface area is 235 Å². The molecule has 0 aliphatic rings. The Morgan fingerprint density at radius 3 is 1.64 bits per heavy atom. The van der Waals surface area contributed by atoms with Crippen LogP contribution in [0.2, 0.25) is 0 Å². The molecule has 0 amide bonds. The van der Waals surface area contributed by atoms with Crippen molar-refractivity contribution in [3.8, 4) is 0 Å². The quantitative estimate of drug-likeness (QED) is 0.172. The van der Waals surface area contributed by atoms with Gasteiger partial charge in [-0.3, -0.25) is 0 Å². The third-order valence-electron chi connectivity index (χ3n) is 5.90. The number of hydrogen-bond acceptors (Lipinski definition) is 4. The minimum Gasteiger partial charge on any atom is -0.366 e. The van der Waals surface area contributed by atoms with Gasteiger partial charge in [0.1, 0.15) is 17.5 Å². The van der Waals surface area contributed by atoms with Gasteiger partial charge in [0, 0.05) is 52.1 Å². The zero-order valence-electron chi connectivity index (χ0n) is 22.7. The average Bonchev–Trinajstić information content (AvgIpc) is 2.78. The number of aliphatic imine (C=N–C) groups is 2. The fourth-order valence-electron chi connectivity index (χ4n) is 3.78. The van der Waals surface area contributed by atoms with Gasteiger partial charge >= 0.3 is 0 Å². The van der Waals surface area contributed by atoms with Gasteiger partial charge in [-0.1, -0.05) is 26.0 Å². The van der Waals surface area contributed by atoms with Crippen molar-refractivity contribution in [2.75, 3.05) is 46.2 Å². The van der Waals surface area contributed by atoms with Gasteiger partial charge in [0.2, 0.25) is 0 Å². The molecule has 1 aromatic heterocycles. The zero-order valence-corrected chi connectivity index (χ0v) is 25.2. The Morgan fingerprint density at radius 2 is 1.17 bits per heavy atom. The Morgan fingerprint density at radius 1 is 0.694 bits per heavy atom. The van der Waals surface area contributed by atoms with Crippen LogP contribution >= 0.6 is 37.2 Å². The van der Waals surface area contributed by atoms with Gasteiger partial charge in [-0.2, -0.15) is 0 Å². The number of nitrogens with zero attached hydrogens (tertiary/aromatic N) is 6. The first-order chi connectivity index (χ1) is 15.7. The molecule has 0 bridgehead atoms. The van der Waals surface area contributed by atoms with Crippen LogP contribution in [-0.2, 0) is 0 Å². The molecule has 0 aliphatic heterocycles. The van der Waals surface area contributed by atoms with Crippen LogP contribution in [0.1, 0.15) is 40.5 Å². The van der Waals surface area contributed by atoms with Crippen molar-refractivity contribution in [3.05, 3.63) is 36.4 Å². The molecule has 0 saturated carbocycles. The van der Waals surface area contributed by atoms with Crippen molar-refractivity contribution >= 4 is 87.8 Å². The van der Waals surface area contributed by atoms with Crippen molar-refractivity contribution in [2.24, 2.45) is 9.98 Å². The van der Waals surface area contributed by atoms with Crippen LogP contribution in [0.15, 0.2) is 46.4 Å². The summed E-state index contributed by atoms with van der Waals surface area (Å²) in [4.78, 5) is 21.2. The number of benzene rings is 2. The molecular formula is C27H41Cl3N6. The predicted molar refractivity (Wildman–Crippen MR) is 167 cm³/mol. The highest BCUT2D eigenvalue weighted by molar-refractivity contribution is 6.11. The Hall–Kier alpha value is -2.28. The molecule has 0 unspecified atom stereocenters. The summed E-state index contributed by atoms with van der Waals surface area (Å²) in [6.07, 6.45) is 2.15. The van der Waals surface area contributed by atoms with E-state index in [2.05, 4.69) is 55.1 Å². The fourth-order valence-corrected chi connectivity index (χ4v) is 3.78. The minimum absolute atomic E-state index is 0. The van der Waals surface area contributed by atoms with Crippen LogP contribution in [0.25, 0.3) is 21.7 Å². The number of fused-ring (bicyclic) bond motifs is 3. The second kappa shape index (κ2) is 15.1. The second-order valence-electron chi connectivity index (χ2n) is 8.96. The maximum absolute atomic E-state index is 5.19. The predicted octanol–water partition coefficient (Wildman–Crippen LogP) is 7.50. The van der Waals surface area contributed by atoms with E-state index >= 15 is 0 Å². The number of pyridine rings is 1. The van der Waals surface area contributed by atoms with E-state index in [1.165, 1.54) is 5.39 Å². The molecule has 0 saturated heterocycles. The summed E-state index contributed by atoms with van der Waals surface area (Å²) in [7, 11) is 8.05. The summed E-state index contributed by atoms with van der Waals surface area (Å²) in [6.45, 7) is 10.4. The summed E-state index contributed by atoms with van der Waals surface area (Å²) in [5, 5.41) is 3.49. The molecule has 2 aromatic carbocycles. The normalized spacial score (nSPS) is 11.4. The summed E-state index contributed by atoms with van der Waals surface area (Å²) in [5.41, 5.74) is 2.85. The van der Waals surface area contributed by atoms with E-state index in [1.807, 2.05) is 51.8 Å². The average molecular weight is 556 g/mol. The van der Waals surface area contributed by atoms with Crippen molar-refractivity contribution in [1.82, 2.24) is 14.8 Å². The highest BCUT2D eigenvalue weighted by Gasteiger charge is 2.15. The summed E-state index contributed by atoms with van der Waals surface area (Å²) >= 11 is 0. The molecule has 0 atom stereocenters. The van der Waals surface area contributed by atoms with E-state index in [-0.39, 0.29) is 37.2 Å². The Balaban J connectivity index is 0.00000408. The SMILES string of the molecule is CCCN(CCC)c1nc2cc(N=C(C)N(C)C)ccc2c2ccc(N=C(C)N(C)C)cc12.Cl.Cl.Cl. The van der Waals surface area contributed by atoms with E-state index in [1.54, 1.807) is 0 Å². The van der Waals surface area contributed by atoms with E-state index in [0.717, 1.165) is 71.1 Å². The first kappa shape index (κ1) is 33.7. The minimum atomic E-state index is 0. The summed E-state index contributed by atoms with van der Waals surface area (Å²) in [5.74, 6) is 2.97. The van der Waals surface area contributed by atoms with Crippen LogP contribution in [0.4, 0.5) is 17.2 Å². The van der Waals surface area contributed by atoms with E-state index in [4.69, 9.17) is 15.0 Å². The number of aromatic nitrogens is 1. The molecule has 0 aliphatic carbocycles. The number of hydrogen-bond donors (Lipinski definition) is 0. The molecule has 9 heteroatoms. The van der Waals surface area contributed by atoms with Crippen molar-refractivity contribution in [3.63, 3.8) is 0 Å². The van der Waals surface area contributed by atoms with Gasteiger partial charge in [-0.05, 0) is 56.3 Å². The molecule has 3 aromatic rings. The largest absolute Gasteiger partial charge is 0.366 e. The van der Waals surface area contributed by atoms with Crippen LogP contribution in [0, 0.1) is 0 Å². The highest BCUT2D eigenvalue weighted by Crippen LogP contribution is 2.35. The van der Waals surface area contributed by atoms with Gasteiger partial charge in [-0.15, -0.1) is 37.2 Å². The lowest BCUT2D eigenvalue weighted by Gasteiger charge is -2.25. The molecule has 1 heterocycles. The monoisotopic (exact) mass is 554 g/mol. The molecule has 0 N–H and O–H groups in total. The highest BCUT2D eigenvalue weighted by atomic mass is 35.5. The molecule has 36 heavy (non-hydrogen) atoms. The van der Waals surface area contributed by atoms with Crippen LogP contribution in [0.5, 0.6) is 0 Å². The summed E-state index contributed by atoms with van der Waals surface area (Å²) < 4.78 is 0. The smallest absolute Gasteiger partial charge is 0.137 e. The van der Waals surface area contributed by atoms with Crippen molar-refractivity contribution in [2.45, 2.75) is 40.5 Å². The van der Waals surface area contributed by atoms with Gasteiger partial charge in [0.25, 0.3) is 0 Å². The molecule has 0 radical (unpaired) electrons. The van der Waals surface area contributed by atoms with E-state index < -0.39 is 0 Å². The number of halogens is 3. The molecular weight excluding hydrogens is 515 g/mol. The molecule has 3 rings (SSSR count). The fraction of sp³-hybridized carbons (Fsp3) is 0.444. The lowest BCUT2D eigenvalue weighted by Crippen LogP contribution is -2.26. The lowest BCUT2D eigenvalue weighted by molar-refractivity contribution is 0.619. The number of rotatable bonds is 7. The number of anilines is 1. The topological polar surface area (TPSA) is 47.3 Å². The van der Waals surface area contributed by atoms with Crippen molar-refractivity contribution in [1.29, 1.82) is 0 Å². The molecule has 200 valence electrons. The van der Waals surface area contributed by atoms with Gasteiger partial charge < -0.3 is 14.7 Å². The van der Waals surface area contributed by atoms with E-state index in [9.17, 15) is 0 Å². The van der Waals surface area contributed by atoms with Crippen molar-refractivity contribution < 1.29 is 0 Å². The molecule has 0 fully saturated rings. The maximum Gasteiger partial charge on any atom is 0.137 e. The van der Waals surface area contributed by atoms with Gasteiger partial charge in [-0.25, -0.2) is 15.0 Å². The third-order valence-corrected chi connectivity index (χ3v) is 5.90. The first-order valence-electron chi connectivity index (χ1n) is 11.8. The summed E-state index contributed by atoms with van der Waals surface area (Å²) in [6, 6.07) is 12.8. The van der Waals surface area contributed by atoms with Crippen LogP contribution < -0.4 is 4.90 Å². The Kier molecular flexibility index (Phi) is 14.1. The van der Waals surface area contributed by atoms with E-state index in [0.29, 0.717) is 0 Å². The second-order valence-corrected chi connectivity index (χ2v) is 8.96. The van der Waals surface area contributed by atoms with Gasteiger partial charge in [0.05, 0.1) is 16.9 Å². The lowest BCUT2D eigenvalue weighted by atomic mass is 10.0. The number of amidine groups is 2. The maximum atomic E-state index is 5.19. The zero-order chi connectivity index (χ0) is 24.1. The third kappa shape index (κ3) is 7.86. The van der Waals surface area contributed by atoms with Crippen LogP contribution in [0.3, 0.4) is 0 Å². The first-order valence-corrected chi connectivity index (χ1v) is 11.8. The standard InChI is InChI=1S/C27H38N6.3ClH/c1-9-15-33(16-10-2)27-25-17-21(28-19(3)31(5)6)11-13-23(25)24-14-12-22(18-26(24)30-27)29-20(4)32(7)8;;;/h11-14,17-18H,9-10,15-16H2,1-8H3;3*1H. The molecule has 0 spiro atoms. The molecule has 6 nitrogen and oxygen atoms in total.